The van der Waals surface area contributed by atoms with Gasteiger partial charge in [0.25, 0.3) is 0 Å². The second-order valence-electron chi connectivity index (χ2n) is 3.21. The predicted molar refractivity (Wildman–Crippen MR) is 45.5 cm³/mol. The molecule has 4 heteroatoms. The molecule has 0 saturated heterocycles. The smallest absolute Gasteiger partial charge is 0.333 e. The second kappa shape index (κ2) is 3.03. The molecule has 0 radical (unpaired) electrons. The van der Waals surface area contributed by atoms with Crippen LogP contribution in [0.2, 0.25) is 0 Å². The summed E-state index contributed by atoms with van der Waals surface area (Å²) in [4.78, 5) is 9.14. The molecule has 1 atom stereocenters. The Balaban J connectivity index is 2.26. The summed E-state index contributed by atoms with van der Waals surface area (Å²) < 4.78 is 0. The summed E-state index contributed by atoms with van der Waals surface area (Å²) in [6.45, 7) is 0. The van der Waals surface area contributed by atoms with Gasteiger partial charge in [-0.3, -0.25) is 0 Å². The van der Waals surface area contributed by atoms with Crippen molar-refractivity contribution in [1.82, 2.24) is 0 Å². The average Bonchev–Trinajstić information content (AvgIpc) is 2.65. The lowest BCUT2D eigenvalue weighted by atomic mass is 10.1. The van der Waals surface area contributed by atoms with E-state index in [1.807, 2.05) is 0 Å². The molecule has 1 fully saturated rings. The predicted octanol–water partition coefficient (Wildman–Crippen LogP) is 0.846. The fourth-order valence-electron chi connectivity index (χ4n) is 0.938. The van der Waals surface area contributed by atoms with E-state index in [9.17, 15) is 4.79 Å². The molecule has 1 saturated carbocycles. The monoisotopic (exact) mass is 175 g/mol. The first kappa shape index (κ1) is 8.87. The van der Waals surface area contributed by atoms with Gasteiger partial charge in [-0.2, -0.15) is 0 Å². The number of carboxylic acids is 1. The van der Waals surface area contributed by atoms with Gasteiger partial charge >= 0.3 is 5.97 Å². The molecule has 0 aromatic heterocycles. The number of carbonyl (C=O) groups is 1. The molecule has 64 valence electrons. The molecule has 11 heavy (non-hydrogen) atoms. The minimum atomic E-state index is -1.32. The first-order chi connectivity index (χ1) is 5.02. The third-order valence-electron chi connectivity index (χ3n) is 2.00. The van der Waals surface area contributed by atoms with Crippen LogP contribution in [-0.4, -0.2) is 15.9 Å². The van der Waals surface area contributed by atoms with Crippen molar-refractivity contribution in [3.63, 3.8) is 0 Å². The van der Waals surface area contributed by atoms with Crippen molar-refractivity contribution in [2.24, 2.45) is 11.7 Å². The Labute approximate surface area is 71.4 Å². The highest BCUT2D eigenvalue weighted by molar-refractivity contribution is 7.82. The Kier molecular flexibility index (Phi) is 2.44. The van der Waals surface area contributed by atoms with Crippen molar-refractivity contribution >= 4 is 18.6 Å². The molecule has 1 rings (SSSR count). The number of hydrogen-bond acceptors (Lipinski definition) is 3. The van der Waals surface area contributed by atoms with Crippen molar-refractivity contribution in [3.05, 3.63) is 0 Å². The van der Waals surface area contributed by atoms with Crippen LogP contribution in [0.4, 0.5) is 0 Å². The lowest BCUT2D eigenvalue weighted by Crippen LogP contribution is -2.42. The highest BCUT2D eigenvalue weighted by Gasteiger charge is 2.32. The molecule has 0 aromatic rings. The Morgan fingerprint density at radius 3 is 2.64 bits per heavy atom. The fraction of sp³-hybridized carbons (Fsp3) is 0.857. The first-order valence-corrected chi connectivity index (χ1v) is 4.22. The average molecular weight is 175 g/mol. The quantitative estimate of drug-likeness (QED) is 0.438. The van der Waals surface area contributed by atoms with Crippen molar-refractivity contribution in [2.45, 2.75) is 30.6 Å². The van der Waals surface area contributed by atoms with Crippen LogP contribution >= 0.6 is 12.6 Å². The molecule has 0 amide bonds. The molecule has 0 heterocycles. The highest BCUT2D eigenvalue weighted by Crippen LogP contribution is 2.35. The van der Waals surface area contributed by atoms with Gasteiger partial charge in [0.2, 0.25) is 0 Å². The molecular formula is C7H13NO2S. The van der Waals surface area contributed by atoms with Crippen LogP contribution in [0.3, 0.4) is 0 Å². The summed E-state index contributed by atoms with van der Waals surface area (Å²) in [5, 5.41) is 8.57. The summed E-state index contributed by atoms with van der Waals surface area (Å²) in [6, 6.07) is 0. The standard InChI is InChI=1S/C7H13NO2S/c8-7(11,6(9)10)4-3-5-1-2-5/h5,11H,1-4,8H2,(H,9,10)/t7-/m1/s1. The van der Waals surface area contributed by atoms with Crippen LogP contribution in [0.25, 0.3) is 0 Å². The van der Waals surface area contributed by atoms with Gasteiger partial charge in [0, 0.05) is 0 Å². The van der Waals surface area contributed by atoms with Crippen LogP contribution < -0.4 is 5.73 Å². The fourth-order valence-corrected chi connectivity index (χ4v) is 1.07. The number of carboxylic acid groups (broad SMARTS) is 1. The summed E-state index contributed by atoms with van der Waals surface area (Å²) in [7, 11) is 0. The molecule has 1 aliphatic rings. The van der Waals surface area contributed by atoms with Crippen LogP contribution in [0.5, 0.6) is 0 Å². The van der Waals surface area contributed by atoms with E-state index in [4.69, 9.17) is 10.8 Å². The van der Waals surface area contributed by atoms with Gasteiger partial charge in [0.1, 0.15) is 0 Å². The van der Waals surface area contributed by atoms with Crippen LogP contribution in [0.1, 0.15) is 25.7 Å². The lowest BCUT2D eigenvalue weighted by molar-refractivity contribution is -0.139. The Morgan fingerprint density at radius 2 is 2.27 bits per heavy atom. The van der Waals surface area contributed by atoms with Crippen LogP contribution in [0, 0.1) is 5.92 Å². The maximum Gasteiger partial charge on any atom is 0.333 e. The van der Waals surface area contributed by atoms with Gasteiger partial charge in [-0.05, 0) is 18.8 Å². The summed E-state index contributed by atoms with van der Waals surface area (Å²) in [5.41, 5.74) is 5.40. The van der Waals surface area contributed by atoms with E-state index in [-0.39, 0.29) is 0 Å². The molecular weight excluding hydrogens is 162 g/mol. The van der Waals surface area contributed by atoms with Crippen LogP contribution in [0.15, 0.2) is 0 Å². The molecule has 3 nitrogen and oxygen atoms in total. The van der Waals surface area contributed by atoms with Gasteiger partial charge in [0.15, 0.2) is 4.87 Å². The zero-order valence-electron chi connectivity index (χ0n) is 6.29. The molecule has 3 N–H and O–H groups in total. The number of thiol groups is 1. The van der Waals surface area contributed by atoms with E-state index in [0.717, 1.165) is 6.42 Å². The van der Waals surface area contributed by atoms with Gasteiger partial charge < -0.3 is 10.8 Å². The molecule has 0 bridgehead atoms. The van der Waals surface area contributed by atoms with Crippen molar-refractivity contribution in [3.8, 4) is 0 Å². The number of nitrogens with two attached hydrogens (primary N) is 1. The second-order valence-corrected chi connectivity index (χ2v) is 4.01. The number of aliphatic carboxylic acids is 1. The van der Waals surface area contributed by atoms with Crippen molar-refractivity contribution < 1.29 is 9.90 Å². The first-order valence-electron chi connectivity index (χ1n) is 3.77. The maximum absolute atomic E-state index is 10.5. The Morgan fingerprint density at radius 1 is 1.73 bits per heavy atom. The molecule has 0 unspecified atom stereocenters. The van der Waals surface area contributed by atoms with E-state index >= 15 is 0 Å². The largest absolute Gasteiger partial charge is 0.479 e. The number of hydrogen-bond donors (Lipinski definition) is 3. The summed E-state index contributed by atoms with van der Waals surface area (Å²) in [6.07, 6.45) is 3.81. The SMILES string of the molecule is N[C@@](S)(CCC1CC1)C(=O)O. The van der Waals surface area contributed by atoms with Gasteiger partial charge in [-0.1, -0.05) is 12.8 Å². The van der Waals surface area contributed by atoms with E-state index in [0.29, 0.717) is 12.3 Å². The molecule has 1 aliphatic carbocycles. The number of rotatable bonds is 4. The topological polar surface area (TPSA) is 63.3 Å². The molecule has 0 aromatic carbocycles. The van der Waals surface area contributed by atoms with Crippen LogP contribution in [-0.2, 0) is 4.79 Å². The molecule has 0 aliphatic heterocycles. The van der Waals surface area contributed by atoms with Gasteiger partial charge in [0.05, 0.1) is 0 Å². The van der Waals surface area contributed by atoms with E-state index in [1.54, 1.807) is 0 Å². The van der Waals surface area contributed by atoms with Gasteiger partial charge in [-0.25, -0.2) is 4.79 Å². The van der Waals surface area contributed by atoms with Crippen molar-refractivity contribution in [2.75, 3.05) is 0 Å². The lowest BCUT2D eigenvalue weighted by Gasteiger charge is -2.17. The minimum Gasteiger partial charge on any atom is -0.479 e. The third-order valence-corrected chi connectivity index (χ3v) is 2.42. The van der Waals surface area contributed by atoms with E-state index in [1.165, 1.54) is 12.8 Å². The van der Waals surface area contributed by atoms with Crippen molar-refractivity contribution in [1.29, 1.82) is 0 Å². The minimum absolute atomic E-state index is 0.468. The van der Waals surface area contributed by atoms with E-state index in [2.05, 4.69) is 12.6 Å². The van der Waals surface area contributed by atoms with Gasteiger partial charge in [-0.15, -0.1) is 12.6 Å². The summed E-state index contributed by atoms with van der Waals surface area (Å²) >= 11 is 3.86. The zero-order chi connectivity index (χ0) is 8.48. The summed E-state index contributed by atoms with van der Waals surface area (Å²) in [5.74, 6) is -0.314. The Bertz CT molecular complexity index is 166. The Hall–Kier alpha value is -0.220. The van der Waals surface area contributed by atoms with E-state index < -0.39 is 10.8 Å². The zero-order valence-corrected chi connectivity index (χ0v) is 7.18. The maximum atomic E-state index is 10.5. The highest BCUT2D eigenvalue weighted by atomic mass is 32.1. The molecule has 0 spiro atoms. The third kappa shape index (κ3) is 2.71. The normalized spacial score (nSPS) is 22.7.